The number of halogens is 2. The molecule has 9 heteroatoms. The molecule has 1 amide bonds. The van der Waals surface area contributed by atoms with Gasteiger partial charge in [0.05, 0.1) is 25.8 Å². The molecule has 1 saturated carbocycles. The quantitative estimate of drug-likeness (QED) is 0.379. The van der Waals surface area contributed by atoms with Crippen molar-refractivity contribution in [3.63, 3.8) is 0 Å². The van der Waals surface area contributed by atoms with Crippen molar-refractivity contribution in [2.45, 2.75) is 45.6 Å². The van der Waals surface area contributed by atoms with E-state index in [0.717, 1.165) is 18.2 Å². The Morgan fingerprint density at radius 2 is 1.90 bits per heavy atom. The summed E-state index contributed by atoms with van der Waals surface area (Å²) in [5, 5.41) is 5.37. The Morgan fingerprint density at radius 1 is 1.23 bits per heavy atom. The maximum absolute atomic E-state index is 14.1. The third-order valence-corrected chi connectivity index (χ3v) is 5.07. The van der Waals surface area contributed by atoms with E-state index in [1.165, 1.54) is 13.2 Å². The average Bonchev–Trinajstić information content (AvgIpc) is 3.18. The van der Waals surface area contributed by atoms with Gasteiger partial charge in [-0.15, -0.1) is 0 Å². The third-order valence-electron chi connectivity index (χ3n) is 5.07. The number of ether oxygens (including phenoxy) is 2. The van der Waals surface area contributed by atoms with Crippen LogP contribution in [0.5, 0.6) is 0 Å². The molecule has 0 unspecified atom stereocenters. The number of esters is 2. The summed E-state index contributed by atoms with van der Waals surface area (Å²) in [5.74, 6) is -3.57. The molecule has 1 aromatic rings. The van der Waals surface area contributed by atoms with Crippen LogP contribution in [0, 0.1) is 17.0 Å². The zero-order valence-electron chi connectivity index (χ0n) is 17.2. The van der Waals surface area contributed by atoms with Crippen LogP contribution in [0.15, 0.2) is 30.1 Å². The van der Waals surface area contributed by atoms with Crippen LogP contribution < -0.4 is 10.6 Å². The number of methoxy groups -OCH3 is 1. The summed E-state index contributed by atoms with van der Waals surface area (Å²) in [6.07, 6.45) is 3.02. The van der Waals surface area contributed by atoms with Crippen molar-refractivity contribution >= 4 is 17.8 Å². The molecular formula is C21H26F2N2O5. The zero-order valence-corrected chi connectivity index (χ0v) is 17.2. The molecule has 0 aliphatic heterocycles. The molecule has 7 nitrogen and oxygen atoms in total. The highest BCUT2D eigenvalue weighted by atomic mass is 19.1. The fraction of sp³-hybridized carbons (Fsp3) is 0.476. The Hall–Kier alpha value is -2.97. The van der Waals surface area contributed by atoms with Crippen LogP contribution in [-0.2, 0) is 23.9 Å². The molecule has 2 N–H and O–H groups in total. The summed E-state index contributed by atoms with van der Waals surface area (Å²) in [4.78, 5) is 37.2. The molecule has 0 spiro atoms. The normalized spacial score (nSPS) is 16.5. The van der Waals surface area contributed by atoms with E-state index in [9.17, 15) is 23.2 Å². The van der Waals surface area contributed by atoms with Crippen LogP contribution in [-0.4, -0.2) is 31.6 Å². The second kappa shape index (κ2) is 10.2. The largest absolute Gasteiger partial charge is 0.468 e. The van der Waals surface area contributed by atoms with E-state index in [4.69, 9.17) is 9.47 Å². The molecular weight excluding hydrogens is 398 g/mol. The Kier molecular flexibility index (Phi) is 7.91. The molecule has 2 rings (SSSR count). The van der Waals surface area contributed by atoms with Gasteiger partial charge in [0.2, 0.25) is 5.91 Å². The van der Waals surface area contributed by atoms with Gasteiger partial charge in [0.15, 0.2) is 0 Å². The Morgan fingerprint density at radius 3 is 2.47 bits per heavy atom. The minimum Gasteiger partial charge on any atom is -0.468 e. The number of rotatable bonds is 8. The lowest BCUT2D eigenvalue weighted by atomic mass is 9.85. The van der Waals surface area contributed by atoms with Crippen molar-refractivity contribution in [3.05, 3.63) is 47.3 Å². The molecule has 30 heavy (non-hydrogen) atoms. The smallest absolute Gasteiger partial charge is 0.334 e. The van der Waals surface area contributed by atoms with Gasteiger partial charge < -0.3 is 20.1 Å². The lowest BCUT2D eigenvalue weighted by molar-refractivity contribution is -0.158. The summed E-state index contributed by atoms with van der Waals surface area (Å²) >= 11 is 0. The summed E-state index contributed by atoms with van der Waals surface area (Å²) in [7, 11) is 1.21. The van der Waals surface area contributed by atoms with Gasteiger partial charge >= 0.3 is 11.9 Å². The van der Waals surface area contributed by atoms with Crippen molar-refractivity contribution < 1.29 is 32.6 Å². The minimum atomic E-state index is -1.35. The summed E-state index contributed by atoms with van der Waals surface area (Å²) in [5.41, 5.74) is -1.22. The first-order chi connectivity index (χ1) is 14.2. The molecule has 1 aromatic carbocycles. The number of benzene rings is 1. The van der Waals surface area contributed by atoms with Crippen molar-refractivity contribution in [1.29, 1.82) is 0 Å². The van der Waals surface area contributed by atoms with Crippen LogP contribution in [0.3, 0.4) is 0 Å². The number of amides is 1. The van der Waals surface area contributed by atoms with Gasteiger partial charge in [-0.05, 0) is 32.8 Å². The highest BCUT2D eigenvalue weighted by molar-refractivity contribution is 6.03. The maximum atomic E-state index is 14.1. The van der Waals surface area contributed by atoms with Gasteiger partial charge in [0.1, 0.15) is 22.9 Å². The van der Waals surface area contributed by atoms with Crippen molar-refractivity contribution in [3.8, 4) is 0 Å². The molecule has 1 fully saturated rings. The topological polar surface area (TPSA) is 93.7 Å². The van der Waals surface area contributed by atoms with Gasteiger partial charge in [-0.25, -0.2) is 13.6 Å². The van der Waals surface area contributed by atoms with Crippen molar-refractivity contribution in [2.24, 2.45) is 5.41 Å². The molecule has 164 valence electrons. The second-order valence-corrected chi connectivity index (χ2v) is 7.08. The Labute approximate surface area is 173 Å². The highest BCUT2D eigenvalue weighted by Gasteiger charge is 2.49. The Balaban J connectivity index is 2.28. The molecule has 0 aromatic heterocycles. The second-order valence-electron chi connectivity index (χ2n) is 7.08. The third kappa shape index (κ3) is 5.34. The van der Waals surface area contributed by atoms with E-state index >= 15 is 0 Å². The lowest BCUT2D eigenvalue weighted by Crippen LogP contribution is -2.47. The molecule has 1 aliphatic rings. The summed E-state index contributed by atoms with van der Waals surface area (Å²) in [6.45, 7) is 3.32. The van der Waals surface area contributed by atoms with Gasteiger partial charge in [-0.1, -0.05) is 18.9 Å². The average molecular weight is 424 g/mol. The molecule has 0 radical (unpaired) electrons. The van der Waals surface area contributed by atoms with E-state index in [1.807, 2.05) is 0 Å². The zero-order chi connectivity index (χ0) is 22.3. The maximum Gasteiger partial charge on any atom is 0.334 e. The predicted octanol–water partition coefficient (Wildman–Crippen LogP) is 2.87. The number of carbonyl (C=O) groups excluding carboxylic acids is 3. The number of hydrogen-bond donors (Lipinski definition) is 2. The minimum absolute atomic E-state index is 0.0650. The van der Waals surface area contributed by atoms with Gasteiger partial charge in [-0.3, -0.25) is 9.59 Å². The number of hydrogen-bond acceptors (Lipinski definition) is 6. The molecule has 0 bridgehead atoms. The van der Waals surface area contributed by atoms with E-state index in [0.29, 0.717) is 25.7 Å². The fourth-order valence-corrected chi connectivity index (χ4v) is 3.52. The van der Waals surface area contributed by atoms with Crippen LogP contribution >= 0.6 is 0 Å². The van der Waals surface area contributed by atoms with E-state index in [1.54, 1.807) is 13.8 Å². The fourth-order valence-electron chi connectivity index (χ4n) is 3.52. The predicted molar refractivity (Wildman–Crippen MR) is 104 cm³/mol. The summed E-state index contributed by atoms with van der Waals surface area (Å²) in [6, 6.07) is 2.38. The molecule has 0 heterocycles. The van der Waals surface area contributed by atoms with Crippen molar-refractivity contribution in [1.82, 2.24) is 10.6 Å². The molecule has 1 aliphatic carbocycles. The van der Waals surface area contributed by atoms with Gasteiger partial charge in [0, 0.05) is 11.6 Å². The SMILES string of the molecule is CCOC(=O)C=C(NC(=O)C1(C(=O)OC)CCCC1)N[C@@H](C)c1ccc(F)cc1F. The van der Waals surface area contributed by atoms with Gasteiger partial charge in [-0.2, -0.15) is 0 Å². The molecule has 0 saturated heterocycles. The van der Waals surface area contributed by atoms with E-state index in [-0.39, 0.29) is 18.0 Å². The molecule has 1 atom stereocenters. The van der Waals surface area contributed by atoms with E-state index < -0.39 is 40.9 Å². The van der Waals surface area contributed by atoms with Crippen molar-refractivity contribution in [2.75, 3.05) is 13.7 Å². The van der Waals surface area contributed by atoms with Crippen LogP contribution in [0.2, 0.25) is 0 Å². The highest BCUT2D eigenvalue weighted by Crippen LogP contribution is 2.39. The monoisotopic (exact) mass is 424 g/mol. The Bertz CT molecular complexity index is 835. The van der Waals surface area contributed by atoms with Crippen LogP contribution in [0.4, 0.5) is 8.78 Å². The first-order valence-corrected chi connectivity index (χ1v) is 9.73. The van der Waals surface area contributed by atoms with Gasteiger partial charge in [0.25, 0.3) is 0 Å². The van der Waals surface area contributed by atoms with E-state index in [2.05, 4.69) is 10.6 Å². The standard InChI is InChI=1S/C21H26F2N2O5/c1-4-30-18(26)12-17(24-13(2)15-8-7-14(22)11-16(15)23)25-19(27)21(20(28)29-3)9-5-6-10-21/h7-8,11-13,24H,4-6,9-10H2,1-3H3,(H,25,27)/t13-/m0/s1. The first-order valence-electron chi connectivity index (χ1n) is 9.73. The first kappa shape index (κ1) is 23.3. The van der Waals surface area contributed by atoms with Crippen LogP contribution in [0.1, 0.15) is 51.1 Å². The van der Waals surface area contributed by atoms with Crippen LogP contribution in [0.25, 0.3) is 0 Å². The number of nitrogens with one attached hydrogen (secondary N) is 2. The number of carbonyl (C=O) groups is 3. The lowest BCUT2D eigenvalue weighted by Gasteiger charge is -2.26. The summed E-state index contributed by atoms with van der Waals surface area (Å²) < 4.78 is 37.0.